The highest BCUT2D eigenvalue weighted by Crippen LogP contribution is 2.24. The second-order valence-corrected chi connectivity index (χ2v) is 8.70. The summed E-state index contributed by atoms with van der Waals surface area (Å²) in [4.78, 5) is 16.6. The van der Waals surface area contributed by atoms with Gasteiger partial charge in [0.25, 0.3) is 5.91 Å². The van der Waals surface area contributed by atoms with Crippen LogP contribution in [-0.4, -0.2) is 41.9 Å². The Kier molecular flexibility index (Phi) is 5.41. The van der Waals surface area contributed by atoms with Gasteiger partial charge in [0.15, 0.2) is 11.5 Å². The van der Waals surface area contributed by atoms with Crippen LogP contribution in [0.15, 0.2) is 64.3 Å². The fourth-order valence-electron chi connectivity index (χ4n) is 3.22. The molecule has 1 aliphatic heterocycles. The maximum atomic E-state index is 12.8. The number of amides is 1. The minimum Gasteiger partial charge on any atom is -0.355 e. The van der Waals surface area contributed by atoms with Gasteiger partial charge in [-0.25, -0.2) is 8.42 Å². The molecule has 0 atom stereocenters. The highest BCUT2D eigenvalue weighted by molar-refractivity contribution is 7.89. The van der Waals surface area contributed by atoms with Crippen molar-refractivity contribution in [3.8, 4) is 11.3 Å². The molecular formula is C20H20N4O4S. The predicted molar refractivity (Wildman–Crippen MR) is 107 cm³/mol. The SMILES string of the molecule is O=C(Nc1cccc(S(=O)(=O)N2CCCCC2)c1)c1cc(-c2ccncc2)on1. The molecule has 0 saturated carbocycles. The van der Waals surface area contributed by atoms with Gasteiger partial charge in [-0.2, -0.15) is 4.31 Å². The predicted octanol–water partition coefficient (Wildman–Crippen LogP) is 3.16. The van der Waals surface area contributed by atoms with Crippen molar-refractivity contribution in [2.24, 2.45) is 0 Å². The normalized spacial score (nSPS) is 15.2. The zero-order valence-electron chi connectivity index (χ0n) is 15.6. The van der Waals surface area contributed by atoms with Crippen LogP contribution in [0.1, 0.15) is 29.8 Å². The summed E-state index contributed by atoms with van der Waals surface area (Å²) in [6, 6.07) is 11.3. The molecule has 0 bridgehead atoms. The second-order valence-electron chi connectivity index (χ2n) is 6.76. The van der Waals surface area contributed by atoms with Gasteiger partial charge in [0.2, 0.25) is 10.0 Å². The average molecular weight is 412 g/mol. The number of benzene rings is 1. The maximum absolute atomic E-state index is 12.8. The van der Waals surface area contributed by atoms with E-state index in [-0.39, 0.29) is 10.6 Å². The van der Waals surface area contributed by atoms with Crippen LogP contribution in [0, 0.1) is 0 Å². The van der Waals surface area contributed by atoms with Gasteiger partial charge >= 0.3 is 0 Å². The number of hydrogen-bond acceptors (Lipinski definition) is 6. The van der Waals surface area contributed by atoms with E-state index < -0.39 is 15.9 Å². The van der Waals surface area contributed by atoms with E-state index >= 15 is 0 Å². The number of sulfonamides is 1. The largest absolute Gasteiger partial charge is 0.355 e. The summed E-state index contributed by atoms with van der Waals surface area (Å²) in [6.45, 7) is 1.05. The minimum atomic E-state index is -3.57. The molecule has 3 aromatic rings. The van der Waals surface area contributed by atoms with Crippen molar-refractivity contribution in [1.82, 2.24) is 14.4 Å². The first kappa shape index (κ1) is 19.3. The highest BCUT2D eigenvalue weighted by Gasteiger charge is 2.26. The van der Waals surface area contributed by atoms with Gasteiger partial charge in [-0.05, 0) is 43.2 Å². The summed E-state index contributed by atoms with van der Waals surface area (Å²) >= 11 is 0. The molecule has 4 rings (SSSR count). The molecule has 29 heavy (non-hydrogen) atoms. The van der Waals surface area contributed by atoms with Gasteiger partial charge in [-0.3, -0.25) is 9.78 Å². The molecule has 0 aliphatic carbocycles. The fourth-order valence-corrected chi connectivity index (χ4v) is 4.78. The summed E-state index contributed by atoms with van der Waals surface area (Å²) < 4.78 is 32.4. The molecule has 150 valence electrons. The van der Waals surface area contributed by atoms with Crippen LogP contribution in [0.3, 0.4) is 0 Å². The summed E-state index contributed by atoms with van der Waals surface area (Å²) in [7, 11) is -3.57. The lowest BCUT2D eigenvalue weighted by molar-refractivity contribution is 0.101. The van der Waals surface area contributed by atoms with E-state index in [9.17, 15) is 13.2 Å². The van der Waals surface area contributed by atoms with Crippen LogP contribution < -0.4 is 5.32 Å². The van der Waals surface area contributed by atoms with Gasteiger partial charge in [0, 0.05) is 42.8 Å². The van der Waals surface area contributed by atoms with Crippen molar-refractivity contribution in [3.05, 3.63) is 60.6 Å². The van der Waals surface area contributed by atoms with Crippen LogP contribution in [0.2, 0.25) is 0 Å². The zero-order chi connectivity index (χ0) is 20.3. The molecule has 8 nitrogen and oxygen atoms in total. The van der Waals surface area contributed by atoms with Gasteiger partial charge in [-0.15, -0.1) is 0 Å². The van der Waals surface area contributed by atoms with E-state index in [0.717, 1.165) is 24.8 Å². The molecule has 1 aromatic carbocycles. The van der Waals surface area contributed by atoms with E-state index in [0.29, 0.717) is 24.5 Å². The van der Waals surface area contributed by atoms with Crippen LogP contribution in [0.4, 0.5) is 5.69 Å². The number of nitrogens with one attached hydrogen (secondary N) is 1. The average Bonchev–Trinajstić information content (AvgIpc) is 3.26. The Morgan fingerprint density at radius 1 is 1.03 bits per heavy atom. The lowest BCUT2D eigenvalue weighted by atomic mass is 10.2. The highest BCUT2D eigenvalue weighted by atomic mass is 32.2. The number of aromatic nitrogens is 2. The summed E-state index contributed by atoms with van der Waals surface area (Å²) in [6.07, 6.45) is 6.00. The van der Waals surface area contributed by atoms with Crippen molar-refractivity contribution in [2.45, 2.75) is 24.2 Å². The van der Waals surface area contributed by atoms with Gasteiger partial charge < -0.3 is 9.84 Å². The number of pyridine rings is 1. The third-order valence-electron chi connectivity index (χ3n) is 4.75. The Morgan fingerprint density at radius 3 is 2.55 bits per heavy atom. The van der Waals surface area contributed by atoms with E-state index in [2.05, 4.69) is 15.5 Å². The molecule has 1 aliphatic rings. The zero-order valence-corrected chi connectivity index (χ0v) is 16.4. The van der Waals surface area contributed by atoms with E-state index in [1.165, 1.54) is 22.5 Å². The Labute approximate surface area is 168 Å². The summed E-state index contributed by atoms with van der Waals surface area (Å²) in [5.41, 5.74) is 1.23. The van der Waals surface area contributed by atoms with Crippen molar-refractivity contribution in [3.63, 3.8) is 0 Å². The third kappa shape index (κ3) is 4.20. The first-order valence-electron chi connectivity index (χ1n) is 9.33. The second kappa shape index (κ2) is 8.14. The van der Waals surface area contributed by atoms with Crippen LogP contribution in [0.25, 0.3) is 11.3 Å². The number of carbonyl (C=O) groups is 1. The lowest BCUT2D eigenvalue weighted by Crippen LogP contribution is -2.35. The van der Waals surface area contributed by atoms with Crippen LogP contribution in [0.5, 0.6) is 0 Å². The number of piperidine rings is 1. The van der Waals surface area contributed by atoms with E-state index in [1.807, 2.05) is 0 Å². The number of hydrogen-bond donors (Lipinski definition) is 1. The van der Waals surface area contributed by atoms with Gasteiger partial charge in [0.1, 0.15) is 0 Å². The van der Waals surface area contributed by atoms with E-state index in [1.54, 1.807) is 36.7 Å². The van der Waals surface area contributed by atoms with E-state index in [4.69, 9.17) is 4.52 Å². The Bertz CT molecular complexity index is 1110. The van der Waals surface area contributed by atoms with Crippen molar-refractivity contribution < 1.29 is 17.7 Å². The molecule has 1 amide bonds. The molecular weight excluding hydrogens is 392 g/mol. The Balaban J connectivity index is 1.51. The number of carbonyl (C=O) groups excluding carboxylic acids is 1. The first-order valence-corrected chi connectivity index (χ1v) is 10.8. The molecule has 1 fully saturated rings. The standard InChI is InChI=1S/C20H20N4O4S/c25-20(18-14-19(28-23-18)15-7-9-21-10-8-15)22-16-5-4-6-17(13-16)29(26,27)24-11-2-1-3-12-24/h4-10,13-14H,1-3,11-12H2,(H,22,25). The molecule has 1 saturated heterocycles. The molecule has 1 N–H and O–H groups in total. The topological polar surface area (TPSA) is 105 Å². The Morgan fingerprint density at radius 2 is 1.79 bits per heavy atom. The quantitative estimate of drug-likeness (QED) is 0.690. The van der Waals surface area contributed by atoms with Gasteiger partial charge in [0.05, 0.1) is 4.90 Å². The van der Waals surface area contributed by atoms with Crippen molar-refractivity contribution in [2.75, 3.05) is 18.4 Å². The smallest absolute Gasteiger partial charge is 0.277 e. The minimum absolute atomic E-state index is 0.0982. The summed E-state index contributed by atoms with van der Waals surface area (Å²) in [5.74, 6) is -0.0412. The van der Waals surface area contributed by atoms with Crippen LogP contribution >= 0.6 is 0 Å². The van der Waals surface area contributed by atoms with Crippen molar-refractivity contribution >= 4 is 21.6 Å². The number of anilines is 1. The lowest BCUT2D eigenvalue weighted by Gasteiger charge is -2.26. The molecule has 0 spiro atoms. The first-order chi connectivity index (χ1) is 14.0. The number of nitrogens with zero attached hydrogens (tertiary/aromatic N) is 3. The summed E-state index contributed by atoms with van der Waals surface area (Å²) in [5, 5.41) is 6.48. The molecule has 3 heterocycles. The monoisotopic (exact) mass is 412 g/mol. The van der Waals surface area contributed by atoms with Crippen LogP contribution in [-0.2, 0) is 10.0 Å². The molecule has 9 heteroatoms. The Hall–Kier alpha value is -3.04. The molecule has 0 radical (unpaired) electrons. The van der Waals surface area contributed by atoms with Gasteiger partial charge in [-0.1, -0.05) is 17.6 Å². The maximum Gasteiger partial charge on any atom is 0.277 e. The van der Waals surface area contributed by atoms with Crippen molar-refractivity contribution in [1.29, 1.82) is 0 Å². The number of rotatable bonds is 5. The fraction of sp³-hybridized carbons (Fsp3) is 0.250. The molecule has 2 aromatic heterocycles. The molecule has 0 unspecified atom stereocenters. The third-order valence-corrected chi connectivity index (χ3v) is 6.65.